The summed E-state index contributed by atoms with van der Waals surface area (Å²) in [4.78, 5) is 0. The van der Waals surface area contributed by atoms with Gasteiger partial charge in [0.1, 0.15) is 0 Å². The Morgan fingerprint density at radius 1 is 1.38 bits per heavy atom. The van der Waals surface area contributed by atoms with Crippen LogP contribution in [0.2, 0.25) is 0 Å². The zero-order chi connectivity index (χ0) is 10.7. The van der Waals surface area contributed by atoms with E-state index in [1.807, 2.05) is 6.07 Å². The number of halogens is 2. The summed E-state index contributed by atoms with van der Waals surface area (Å²) in [5, 5.41) is 3.43. The second-order valence-electron chi connectivity index (χ2n) is 3.90. The smallest absolute Gasteiger partial charge is 0.165 e. The van der Waals surface area contributed by atoms with Gasteiger partial charge < -0.3 is 10.1 Å². The third-order valence-corrected chi connectivity index (χ3v) is 2.89. The molecule has 1 fully saturated rings. The van der Waals surface area contributed by atoms with Gasteiger partial charge in [0.2, 0.25) is 0 Å². The first kappa shape index (κ1) is 13.3. The van der Waals surface area contributed by atoms with Crippen LogP contribution in [0.15, 0.2) is 18.2 Å². The van der Waals surface area contributed by atoms with Crippen LogP contribution in [-0.2, 0) is 0 Å². The lowest BCUT2D eigenvalue weighted by atomic mass is 9.97. The third-order valence-electron chi connectivity index (χ3n) is 2.89. The third kappa shape index (κ3) is 2.86. The van der Waals surface area contributed by atoms with Gasteiger partial charge >= 0.3 is 0 Å². The molecule has 1 aliphatic rings. The average Bonchev–Trinajstić information content (AvgIpc) is 2.31. The Bertz CT molecular complexity index is 340. The molecule has 0 aromatic heterocycles. The molecular formula is C12H17ClFNO. The van der Waals surface area contributed by atoms with Crippen LogP contribution in [0.3, 0.4) is 0 Å². The maximum Gasteiger partial charge on any atom is 0.165 e. The van der Waals surface area contributed by atoms with Crippen molar-refractivity contribution in [2.24, 2.45) is 0 Å². The van der Waals surface area contributed by atoms with E-state index in [0.717, 1.165) is 18.5 Å². The van der Waals surface area contributed by atoms with E-state index < -0.39 is 0 Å². The van der Waals surface area contributed by atoms with Gasteiger partial charge in [0.05, 0.1) is 7.11 Å². The molecule has 1 aromatic rings. The summed E-state index contributed by atoms with van der Waals surface area (Å²) in [7, 11) is 1.50. The molecule has 1 aromatic carbocycles. The molecule has 0 saturated carbocycles. The number of hydrogen-bond acceptors (Lipinski definition) is 2. The molecule has 1 atom stereocenters. The Morgan fingerprint density at radius 2 is 2.19 bits per heavy atom. The molecule has 1 heterocycles. The standard InChI is InChI=1S/C12H16FNO.ClH/c1-15-12-8-9(5-6-10(12)13)11-4-2-3-7-14-11;/h5-6,8,11,14H,2-4,7H2,1H3;1H/t11-;/m1./s1. The highest BCUT2D eigenvalue weighted by molar-refractivity contribution is 5.85. The Balaban J connectivity index is 0.00000128. The van der Waals surface area contributed by atoms with Crippen LogP contribution in [-0.4, -0.2) is 13.7 Å². The first-order valence-corrected chi connectivity index (χ1v) is 5.38. The van der Waals surface area contributed by atoms with Crippen molar-refractivity contribution in [3.05, 3.63) is 29.6 Å². The molecule has 0 bridgehead atoms. The highest BCUT2D eigenvalue weighted by atomic mass is 35.5. The Morgan fingerprint density at radius 3 is 2.81 bits per heavy atom. The van der Waals surface area contributed by atoms with Crippen molar-refractivity contribution in [2.75, 3.05) is 13.7 Å². The zero-order valence-corrected chi connectivity index (χ0v) is 10.1. The summed E-state index contributed by atoms with van der Waals surface area (Å²) in [5.41, 5.74) is 1.12. The molecule has 0 unspecified atom stereocenters. The fourth-order valence-electron chi connectivity index (χ4n) is 2.03. The topological polar surface area (TPSA) is 21.3 Å². The highest BCUT2D eigenvalue weighted by Gasteiger charge is 2.16. The Labute approximate surface area is 102 Å². The SMILES string of the molecule is COc1cc([C@H]2CCCCN2)ccc1F.Cl. The number of benzene rings is 1. The average molecular weight is 246 g/mol. The minimum absolute atomic E-state index is 0. The van der Waals surface area contributed by atoms with Gasteiger partial charge in [-0.15, -0.1) is 12.4 Å². The number of piperidine rings is 1. The molecule has 0 amide bonds. The van der Waals surface area contributed by atoms with Crippen LogP contribution in [0.25, 0.3) is 0 Å². The number of ether oxygens (including phenoxy) is 1. The van der Waals surface area contributed by atoms with E-state index in [4.69, 9.17) is 4.74 Å². The summed E-state index contributed by atoms with van der Waals surface area (Å²) in [5.74, 6) is 0.0388. The largest absolute Gasteiger partial charge is 0.494 e. The summed E-state index contributed by atoms with van der Waals surface area (Å²) in [6.07, 6.45) is 3.58. The van der Waals surface area contributed by atoms with E-state index in [1.54, 1.807) is 6.07 Å². The molecule has 2 rings (SSSR count). The second-order valence-corrected chi connectivity index (χ2v) is 3.90. The van der Waals surface area contributed by atoms with E-state index in [-0.39, 0.29) is 18.2 Å². The lowest BCUT2D eigenvalue weighted by molar-refractivity contribution is 0.379. The summed E-state index contributed by atoms with van der Waals surface area (Å²) in [6, 6.07) is 5.46. The lowest BCUT2D eigenvalue weighted by Gasteiger charge is -2.24. The van der Waals surface area contributed by atoms with E-state index in [2.05, 4.69) is 5.32 Å². The van der Waals surface area contributed by atoms with E-state index in [1.165, 1.54) is 26.0 Å². The fraction of sp³-hybridized carbons (Fsp3) is 0.500. The highest BCUT2D eigenvalue weighted by Crippen LogP contribution is 2.27. The normalized spacial score (nSPS) is 20.0. The van der Waals surface area contributed by atoms with Crippen LogP contribution < -0.4 is 10.1 Å². The Hall–Kier alpha value is -0.800. The van der Waals surface area contributed by atoms with Gasteiger partial charge in [-0.25, -0.2) is 4.39 Å². The second kappa shape index (κ2) is 6.06. The molecule has 90 valence electrons. The minimum atomic E-state index is -0.294. The number of methoxy groups -OCH3 is 1. The van der Waals surface area contributed by atoms with Gasteiger partial charge in [-0.2, -0.15) is 0 Å². The van der Waals surface area contributed by atoms with E-state index >= 15 is 0 Å². The number of nitrogens with one attached hydrogen (secondary N) is 1. The van der Waals surface area contributed by atoms with Gasteiger partial charge in [0.25, 0.3) is 0 Å². The maximum atomic E-state index is 13.2. The molecule has 1 N–H and O–H groups in total. The Kier molecular flexibility index (Phi) is 5.03. The van der Waals surface area contributed by atoms with Gasteiger partial charge in [-0.3, -0.25) is 0 Å². The summed E-state index contributed by atoms with van der Waals surface area (Å²) < 4.78 is 18.2. The zero-order valence-electron chi connectivity index (χ0n) is 9.33. The van der Waals surface area contributed by atoms with Gasteiger partial charge in [-0.1, -0.05) is 12.5 Å². The molecule has 1 saturated heterocycles. The van der Waals surface area contributed by atoms with Crippen molar-refractivity contribution in [1.29, 1.82) is 0 Å². The molecule has 0 spiro atoms. The molecule has 2 nitrogen and oxygen atoms in total. The van der Waals surface area contributed by atoms with Crippen LogP contribution in [0.1, 0.15) is 30.9 Å². The van der Waals surface area contributed by atoms with Gasteiger partial charge in [0, 0.05) is 6.04 Å². The van der Waals surface area contributed by atoms with Crippen LogP contribution in [0.5, 0.6) is 5.75 Å². The van der Waals surface area contributed by atoms with Gasteiger partial charge in [-0.05, 0) is 37.1 Å². The monoisotopic (exact) mass is 245 g/mol. The molecular weight excluding hydrogens is 229 g/mol. The molecule has 16 heavy (non-hydrogen) atoms. The van der Waals surface area contributed by atoms with Crippen molar-refractivity contribution in [2.45, 2.75) is 25.3 Å². The molecule has 0 radical (unpaired) electrons. The first-order chi connectivity index (χ1) is 7.31. The van der Waals surface area contributed by atoms with Crippen molar-refractivity contribution in [3.63, 3.8) is 0 Å². The first-order valence-electron chi connectivity index (χ1n) is 5.38. The van der Waals surface area contributed by atoms with Crippen molar-refractivity contribution in [1.82, 2.24) is 5.32 Å². The van der Waals surface area contributed by atoms with Crippen LogP contribution in [0.4, 0.5) is 4.39 Å². The quantitative estimate of drug-likeness (QED) is 0.865. The van der Waals surface area contributed by atoms with E-state index in [9.17, 15) is 4.39 Å². The fourth-order valence-corrected chi connectivity index (χ4v) is 2.03. The summed E-state index contributed by atoms with van der Waals surface area (Å²) >= 11 is 0. The number of rotatable bonds is 2. The van der Waals surface area contributed by atoms with Crippen LogP contribution >= 0.6 is 12.4 Å². The molecule has 0 aliphatic carbocycles. The van der Waals surface area contributed by atoms with Crippen molar-refractivity contribution < 1.29 is 9.13 Å². The predicted octanol–water partition coefficient (Wildman–Crippen LogP) is 3.07. The lowest BCUT2D eigenvalue weighted by Crippen LogP contribution is -2.26. The maximum absolute atomic E-state index is 13.2. The molecule has 4 heteroatoms. The molecule has 1 aliphatic heterocycles. The van der Waals surface area contributed by atoms with Crippen molar-refractivity contribution >= 4 is 12.4 Å². The summed E-state index contributed by atoms with van der Waals surface area (Å²) in [6.45, 7) is 1.05. The predicted molar refractivity (Wildman–Crippen MR) is 64.8 cm³/mol. The van der Waals surface area contributed by atoms with Gasteiger partial charge in [0.15, 0.2) is 11.6 Å². The van der Waals surface area contributed by atoms with Crippen molar-refractivity contribution in [3.8, 4) is 5.75 Å². The van der Waals surface area contributed by atoms with Crippen LogP contribution in [0, 0.1) is 5.82 Å². The minimum Gasteiger partial charge on any atom is -0.494 e. The number of hydrogen-bond donors (Lipinski definition) is 1. The van der Waals surface area contributed by atoms with E-state index in [0.29, 0.717) is 11.8 Å².